The van der Waals surface area contributed by atoms with Crippen LogP contribution >= 0.6 is 0 Å². The van der Waals surface area contributed by atoms with Gasteiger partial charge in [0.05, 0.1) is 5.56 Å². The SMILES string of the molecule is O=C(N[C@H](CCc1ccccc1)C(=O)O)c1ccc(F)cc1F. The first-order valence-electron chi connectivity index (χ1n) is 7.00. The van der Waals surface area contributed by atoms with Crippen LogP contribution in [0.4, 0.5) is 8.78 Å². The van der Waals surface area contributed by atoms with Gasteiger partial charge in [0.15, 0.2) is 0 Å². The Kier molecular flexibility index (Phi) is 5.41. The number of aryl methyl sites for hydroxylation is 1. The van der Waals surface area contributed by atoms with E-state index in [-0.39, 0.29) is 6.42 Å². The predicted molar refractivity (Wildman–Crippen MR) is 80.0 cm³/mol. The zero-order chi connectivity index (χ0) is 16.8. The van der Waals surface area contributed by atoms with Gasteiger partial charge in [-0.05, 0) is 30.5 Å². The van der Waals surface area contributed by atoms with Gasteiger partial charge in [0.25, 0.3) is 5.91 Å². The Balaban J connectivity index is 2.04. The summed E-state index contributed by atoms with van der Waals surface area (Å²) in [7, 11) is 0. The van der Waals surface area contributed by atoms with Gasteiger partial charge in [-0.2, -0.15) is 0 Å². The second-order valence-electron chi connectivity index (χ2n) is 5.01. The summed E-state index contributed by atoms with van der Waals surface area (Å²) in [5, 5.41) is 11.5. The van der Waals surface area contributed by atoms with Gasteiger partial charge < -0.3 is 10.4 Å². The normalized spacial score (nSPS) is 11.7. The number of carboxylic acid groups (broad SMARTS) is 1. The Morgan fingerprint density at radius 3 is 2.39 bits per heavy atom. The minimum Gasteiger partial charge on any atom is -0.480 e. The van der Waals surface area contributed by atoms with Crippen LogP contribution in [0.5, 0.6) is 0 Å². The highest BCUT2D eigenvalue weighted by Crippen LogP contribution is 2.11. The van der Waals surface area contributed by atoms with E-state index in [1.54, 1.807) is 0 Å². The molecule has 1 amide bonds. The summed E-state index contributed by atoms with van der Waals surface area (Å²) in [5.74, 6) is -3.94. The molecular formula is C17H15F2NO3. The number of halogens is 2. The van der Waals surface area contributed by atoms with Crippen LogP contribution in [-0.2, 0) is 11.2 Å². The summed E-state index contributed by atoms with van der Waals surface area (Å²) in [5.41, 5.74) is 0.540. The van der Waals surface area contributed by atoms with Gasteiger partial charge in [0.1, 0.15) is 17.7 Å². The second kappa shape index (κ2) is 7.49. The fourth-order valence-corrected chi connectivity index (χ4v) is 2.12. The van der Waals surface area contributed by atoms with Gasteiger partial charge in [-0.25, -0.2) is 13.6 Å². The highest BCUT2D eigenvalue weighted by atomic mass is 19.1. The lowest BCUT2D eigenvalue weighted by Gasteiger charge is -2.15. The third-order valence-corrected chi connectivity index (χ3v) is 3.34. The van der Waals surface area contributed by atoms with Crippen LogP contribution in [0.15, 0.2) is 48.5 Å². The molecule has 120 valence electrons. The molecule has 0 radical (unpaired) electrons. The lowest BCUT2D eigenvalue weighted by molar-refractivity contribution is -0.139. The Labute approximate surface area is 131 Å². The van der Waals surface area contributed by atoms with Crippen LogP contribution in [0.2, 0.25) is 0 Å². The van der Waals surface area contributed by atoms with Crippen molar-refractivity contribution in [3.63, 3.8) is 0 Å². The van der Waals surface area contributed by atoms with Crippen LogP contribution < -0.4 is 5.32 Å². The van der Waals surface area contributed by atoms with E-state index in [2.05, 4.69) is 5.32 Å². The maximum absolute atomic E-state index is 13.6. The molecule has 0 aliphatic heterocycles. The van der Waals surface area contributed by atoms with E-state index in [0.717, 1.165) is 17.7 Å². The van der Waals surface area contributed by atoms with Crippen LogP contribution in [0.3, 0.4) is 0 Å². The number of benzene rings is 2. The average Bonchev–Trinajstić information content (AvgIpc) is 2.51. The Bertz CT molecular complexity index is 704. The molecule has 0 aliphatic rings. The van der Waals surface area contributed by atoms with Crippen molar-refractivity contribution in [1.82, 2.24) is 5.32 Å². The molecule has 0 saturated carbocycles. The summed E-state index contributed by atoms with van der Waals surface area (Å²) >= 11 is 0. The van der Waals surface area contributed by atoms with Crippen molar-refractivity contribution in [2.24, 2.45) is 0 Å². The van der Waals surface area contributed by atoms with Crippen molar-refractivity contribution >= 4 is 11.9 Å². The fourth-order valence-electron chi connectivity index (χ4n) is 2.12. The molecule has 6 heteroatoms. The molecule has 0 aromatic heterocycles. The maximum atomic E-state index is 13.6. The molecule has 1 atom stereocenters. The zero-order valence-electron chi connectivity index (χ0n) is 12.1. The third-order valence-electron chi connectivity index (χ3n) is 3.34. The number of nitrogens with one attached hydrogen (secondary N) is 1. The van der Waals surface area contributed by atoms with E-state index in [4.69, 9.17) is 0 Å². The zero-order valence-corrected chi connectivity index (χ0v) is 12.1. The van der Waals surface area contributed by atoms with E-state index in [1.165, 1.54) is 0 Å². The molecular weight excluding hydrogens is 304 g/mol. The van der Waals surface area contributed by atoms with Crippen LogP contribution in [0.1, 0.15) is 22.3 Å². The predicted octanol–water partition coefficient (Wildman–Crippen LogP) is 2.78. The Hall–Kier alpha value is -2.76. The first-order valence-corrected chi connectivity index (χ1v) is 7.00. The molecule has 0 bridgehead atoms. The summed E-state index contributed by atoms with van der Waals surface area (Å²) < 4.78 is 26.4. The largest absolute Gasteiger partial charge is 0.480 e. The molecule has 2 rings (SSSR count). The molecule has 0 spiro atoms. The van der Waals surface area contributed by atoms with Gasteiger partial charge >= 0.3 is 5.97 Å². The molecule has 2 aromatic rings. The number of carbonyl (C=O) groups excluding carboxylic acids is 1. The summed E-state index contributed by atoms with van der Waals surface area (Å²) in [4.78, 5) is 23.2. The van der Waals surface area contributed by atoms with Gasteiger partial charge in [-0.15, -0.1) is 0 Å². The second-order valence-corrected chi connectivity index (χ2v) is 5.01. The topological polar surface area (TPSA) is 66.4 Å². The maximum Gasteiger partial charge on any atom is 0.326 e. The number of hydrogen-bond acceptors (Lipinski definition) is 2. The first kappa shape index (κ1) is 16.6. The summed E-state index contributed by atoms with van der Waals surface area (Å²) in [6.07, 6.45) is 0.609. The monoisotopic (exact) mass is 319 g/mol. The van der Waals surface area contributed by atoms with Crippen molar-refractivity contribution in [1.29, 1.82) is 0 Å². The lowest BCUT2D eigenvalue weighted by atomic mass is 10.0. The van der Waals surface area contributed by atoms with E-state index in [1.807, 2.05) is 30.3 Å². The van der Waals surface area contributed by atoms with Crippen molar-refractivity contribution < 1.29 is 23.5 Å². The third kappa shape index (κ3) is 4.60. The number of hydrogen-bond donors (Lipinski definition) is 2. The van der Waals surface area contributed by atoms with Crippen LogP contribution in [0, 0.1) is 11.6 Å². The Morgan fingerprint density at radius 2 is 1.78 bits per heavy atom. The highest BCUT2D eigenvalue weighted by molar-refractivity contribution is 5.96. The van der Waals surface area contributed by atoms with Crippen molar-refractivity contribution in [2.45, 2.75) is 18.9 Å². The van der Waals surface area contributed by atoms with E-state index in [9.17, 15) is 23.5 Å². The minimum absolute atomic E-state index is 0.161. The van der Waals surface area contributed by atoms with Crippen molar-refractivity contribution in [3.05, 3.63) is 71.3 Å². The number of aliphatic carboxylic acids is 1. The fraction of sp³-hybridized carbons (Fsp3) is 0.176. The number of carboxylic acids is 1. The van der Waals surface area contributed by atoms with Crippen molar-refractivity contribution in [3.8, 4) is 0 Å². The molecule has 4 nitrogen and oxygen atoms in total. The van der Waals surface area contributed by atoms with Crippen LogP contribution in [-0.4, -0.2) is 23.0 Å². The number of rotatable bonds is 6. The van der Waals surface area contributed by atoms with E-state index >= 15 is 0 Å². The van der Waals surface area contributed by atoms with Gasteiger partial charge in [0, 0.05) is 6.07 Å². The van der Waals surface area contributed by atoms with E-state index < -0.39 is 35.1 Å². The minimum atomic E-state index is -1.21. The molecule has 2 aromatic carbocycles. The number of amides is 1. The Morgan fingerprint density at radius 1 is 1.09 bits per heavy atom. The van der Waals surface area contributed by atoms with Crippen LogP contribution in [0.25, 0.3) is 0 Å². The standard InChI is InChI=1S/C17H15F2NO3/c18-12-7-8-13(14(19)10-12)16(21)20-15(17(22)23)9-6-11-4-2-1-3-5-11/h1-5,7-8,10,15H,6,9H2,(H,20,21)(H,22,23)/t15-/m1/s1. The molecule has 0 unspecified atom stereocenters. The molecule has 0 aliphatic carbocycles. The quantitative estimate of drug-likeness (QED) is 0.860. The smallest absolute Gasteiger partial charge is 0.326 e. The summed E-state index contributed by atoms with van der Waals surface area (Å²) in [6, 6.07) is 10.5. The van der Waals surface area contributed by atoms with Crippen molar-refractivity contribution in [2.75, 3.05) is 0 Å². The molecule has 2 N–H and O–H groups in total. The van der Waals surface area contributed by atoms with E-state index in [0.29, 0.717) is 12.5 Å². The average molecular weight is 319 g/mol. The molecule has 0 heterocycles. The van der Waals surface area contributed by atoms with Gasteiger partial charge in [-0.1, -0.05) is 30.3 Å². The number of carbonyl (C=O) groups is 2. The van der Waals surface area contributed by atoms with Gasteiger partial charge in [-0.3, -0.25) is 4.79 Å². The first-order chi connectivity index (χ1) is 11.0. The molecule has 0 saturated heterocycles. The molecule has 0 fully saturated rings. The van der Waals surface area contributed by atoms with Gasteiger partial charge in [0.2, 0.25) is 0 Å². The summed E-state index contributed by atoms with van der Waals surface area (Å²) in [6.45, 7) is 0. The highest BCUT2D eigenvalue weighted by Gasteiger charge is 2.22. The molecule has 23 heavy (non-hydrogen) atoms. The lowest BCUT2D eigenvalue weighted by Crippen LogP contribution is -2.41.